The lowest BCUT2D eigenvalue weighted by atomic mass is 10.2. The van der Waals surface area contributed by atoms with Gasteiger partial charge in [0.1, 0.15) is 6.07 Å². The van der Waals surface area contributed by atoms with Crippen LogP contribution in [0.5, 0.6) is 0 Å². The zero-order chi connectivity index (χ0) is 11.8. The van der Waals surface area contributed by atoms with Crippen molar-refractivity contribution in [2.75, 3.05) is 29.1 Å². The third-order valence-electron chi connectivity index (χ3n) is 1.96. The number of nitrogens with two attached hydrogens (primary N) is 1. The molecule has 0 aliphatic heterocycles. The fourth-order valence-corrected chi connectivity index (χ4v) is 1.81. The molecule has 0 amide bonds. The lowest BCUT2D eigenvalue weighted by molar-refractivity contribution is 1.22. The summed E-state index contributed by atoms with van der Waals surface area (Å²) in [5.41, 5.74) is 7.65. The number of hydrogen-bond donors (Lipinski definition) is 2. The van der Waals surface area contributed by atoms with Crippen LogP contribution in [0.4, 0.5) is 11.4 Å². The van der Waals surface area contributed by atoms with Crippen molar-refractivity contribution >= 4 is 23.1 Å². The monoisotopic (exact) mass is 233 g/mol. The van der Waals surface area contributed by atoms with Crippen LogP contribution in [0.3, 0.4) is 0 Å². The maximum atomic E-state index is 8.92. The first-order valence-corrected chi connectivity index (χ1v) is 6.15. The van der Waals surface area contributed by atoms with Crippen LogP contribution in [0.1, 0.15) is 5.56 Å². The molecule has 0 unspecified atom stereocenters. The molecule has 0 aliphatic carbocycles. The number of nitrogens with one attached hydrogen (secondary N) is 1. The van der Waals surface area contributed by atoms with Crippen LogP contribution in [0.25, 0.3) is 0 Å². The van der Waals surface area contributed by atoms with Crippen LogP contribution < -0.4 is 11.1 Å². The van der Waals surface area contributed by atoms with Crippen LogP contribution in [0.15, 0.2) is 30.9 Å². The average Bonchev–Trinajstić information content (AvgIpc) is 2.30. The van der Waals surface area contributed by atoms with Gasteiger partial charge in [-0.15, -0.1) is 6.58 Å². The molecule has 0 aliphatic rings. The second-order valence-corrected chi connectivity index (χ2v) is 4.36. The highest BCUT2D eigenvalue weighted by Crippen LogP contribution is 2.17. The maximum Gasteiger partial charge on any atom is 0.101 e. The molecule has 4 heteroatoms. The van der Waals surface area contributed by atoms with Gasteiger partial charge in [-0.05, 0) is 18.2 Å². The van der Waals surface area contributed by atoms with Crippen molar-refractivity contribution in [1.82, 2.24) is 0 Å². The van der Waals surface area contributed by atoms with Crippen molar-refractivity contribution in [2.24, 2.45) is 0 Å². The Hall–Kier alpha value is -1.60. The number of anilines is 2. The normalized spacial score (nSPS) is 9.44. The second kappa shape index (κ2) is 6.81. The molecule has 0 heterocycles. The maximum absolute atomic E-state index is 8.92. The van der Waals surface area contributed by atoms with E-state index < -0.39 is 0 Å². The van der Waals surface area contributed by atoms with Crippen molar-refractivity contribution < 1.29 is 0 Å². The Morgan fingerprint density at radius 2 is 2.38 bits per heavy atom. The van der Waals surface area contributed by atoms with Crippen molar-refractivity contribution in [3.8, 4) is 6.07 Å². The third kappa shape index (κ3) is 3.87. The first kappa shape index (κ1) is 12.5. The van der Waals surface area contributed by atoms with E-state index in [1.807, 2.05) is 12.1 Å². The summed E-state index contributed by atoms with van der Waals surface area (Å²) < 4.78 is 0. The minimum absolute atomic E-state index is 0.591. The number of nitrogens with zero attached hydrogens (tertiary/aromatic N) is 1. The molecule has 0 bridgehead atoms. The predicted molar refractivity (Wildman–Crippen MR) is 71.6 cm³/mol. The largest absolute Gasteiger partial charge is 0.399 e. The molecule has 1 aromatic carbocycles. The van der Waals surface area contributed by atoms with Crippen molar-refractivity contribution in [2.45, 2.75) is 0 Å². The molecular weight excluding hydrogens is 218 g/mol. The van der Waals surface area contributed by atoms with E-state index in [0.29, 0.717) is 11.3 Å². The number of rotatable bonds is 6. The van der Waals surface area contributed by atoms with E-state index in [1.165, 1.54) is 0 Å². The molecule has 84 valence electrons. The van der Waals surface area contributed by atoms with Crippen LogP contribution in [-0.4, -0.2) is 18.1 Å². The summed E-state index contributed by atoms with van der Waals surface area (Å²) in [6.45, 7) is 4.49. The van der Waals surface area contributed by atoms with Gasteiger partial charge >= 0.3 is 0 Å². The molecule has 0 fully saturated rings. The molecule has 1 aromatic rings. The van der Waals surface area contributed by atoms with E-state index in [1.54, 1.807) is 23.9 Å². The van der Waals surface area contributed by atoms with Gasteiger partial charge in [0.15, 0.2) is 0 Å². The highest BCUT2D eigenvalue weighted by atomic mass is 32.2. The Labute approximate surface area is 100 Å². The highest BCUT2D eigenvalue weighted by Gasteiger charge is 2.00. The SMILES string of the molecule is C=CCSCCNc1ccc(N)cc1C#N. The van der Waals surface area contributed by atoms with Gasteiger partial charge in [-0.3, -0.25) is 0 Å². The standard InChI is InChI=1S/C12H15N3S/c1-2-6-16-7-5-15-12-4-3-11(14)8-10(12)9-13/h2-4,8,15H,1,5-7,14H2. The summed E-state index contributed by atoms with van der Waals surface area (Å²) in [6.07, 6.45) is 1.88. The molecule has 3 N–H and O–H groups in total. The molecule has 0 saturated carbocycles. The number of thioether (sulfide) groups is 1. The Morgan fingerprint density at radius 1 is 1.56 bits per heavy atom. The summed E-state index contributed by atoms with van der Waals surface area (Å²) >= 11 is 1.80. The number of nitriles is 1. The molecule has 1 rings (SSSR count). The zero-order valence-electron chi connectivity index (χ0n) is 9.07. The predicted octanol–water partition coefficient (Wildman–Crippen LogP) is 2.47. The minimum atomic E-state index is 0.591. The molecule has 0 aromatic heterocycles. The highest BCUT2D eigenvalue weighted by molar-refractivity contribution is 7.99. The average molecular weight is 233 g/mol. The molecule has 0 saturated heterocycles. The van der Waals surface area contributed by atoms with E-state index >= 15 is 0 Å². The van der Waals surface area contributed by atoms with Gasteiger partial charge in [0, 0.05) is 23.7 Å². The number of benzene rings is 1. The van der Waals surface area contributed by atoms with Gasteiger partial charge in [0.2, 0.25) is 0 Å². The second-order valence-electron chi connectivity index (χ2n) is 3.21. The van der Waals surface area contributed by atoms with E-state index in [-0.39, 0.29) is 0 Å². The summed E-state index contributed by atoms with van der Waals surface area (Å²) in [4.78, 5) is 0. The summed E-state index contributed by atoms with van der Waals surface area (Å²) in [5, 5.41) is 12.1. The summed E-state index contributed by atoms with van der Waals surface area (Å²) in [6, 6.07) is 7.43. The minimum Gasteiger partial charge on any atom is -0.399 e. The first-order chi connectivity index (χ1) is 7.77. The van der Waals surface area contributed by atoms with E-state index in [9.17, 15) is 0 Å². The molecule has 0 atom stereocenters. The summed E-state index contributed by atoms with van der Waals surface area (Å²) in [5.74, 6) is 1.94. The van der Waals surface area contributed by atoms with Crippen molar-refractivity contribution in [1.29, 1.82) is 5.26 Å². The third-order valence-corrected chi connectivity index (χ3v) is 2.93. The molecule has 3 nitrogen and oxygen atoms in total. The van der Waals surface area contributed by atoms with Crippen LogP contribution in [0.2, 0.25) is 0 Å². The van der Waals surface area contributed by atoms with Gasteiger partial charge in [-0.1, -0.05) is 6.08 Å². The smallest absolute Gasteiger partial charge is 0.101 e. The Kier molecular flexibility index (Phi) is 5.30. The molecule has 16 heavy (non-hydrogen) atoms. The van der Waals surface area contributed by atoms with Crippen molar-refractivity contribution in [3.63, 3.8) is 0 Å². The van der Waals surface area contributed by atoms with Gasteiger partial charge in [0.25, 0.3) is 0 Å². The zero-order valence-corrected chi connectivity index (χ0v) is 9.89. The Morgan fingerprint density at radius 3 is 3.06 bits per heavy atom. The quantitative estimate of drug-likeness (QED) is 0.450. The van der Waals surface area contributed by atoms with Crippen LogP contribution in [-0.2, 0) is 0 Å². The lowest BCUT2D eigenvalue weighted by Gasteiger charge is -2.08. The summed E-state index contributed by atoms with van der Waals surface area (Å²) in [7, 11) is 0. The van der Waals surface area contributed by atoms with E-state index in [0.717, 1.165) is 23.7 Å². The van der Waals surface area contributed by atoms with Crippen LogP contribution in [0, 0.1) is 11.3 Å². The Bertz CT molecular complexity index is 396. The van der Waals surface area contributed by atoms with Gasteiger partial charge < -0.3 is 11.1 Å². The Balaban J connectivity index is 2.48. The molecular formula is C12H15N3S. The molecule has 0 radical (unpaired) electrons. The number of nitrogen functional groups attached to an aromatic ring is 1. The van der Waals surface area contributed by atoms with Gasteiger partial charge in [0.05, 0.1) is 11.3 Å². The fraction of sp³-hybridized carbons (Fsp3) is 0.250. The van der Waals surface area contributed by atoms with Crippen LogP contribution >= 0.6 is 11.8 Å². The van der Waals surface area contributed by atoms with Crippen molar-refractivity contribution in [3.05, 3.63) is 36.4 Å². The first-order valence-electron chi connectivity index (χ1n) is 5.00. The molecule has 0 spiro atoms. The fourth-order valence-electron chi connectivity index (χ4n) is 1.23. The van der Waals surface area contributed by atoms with E-state index in [4.69, 9.17) is 11.0 Å². The van der Waals surface area contributed by atoms with Gasteiger partial charge in [-0.2, -0.15) is 17.0 Å². The van der Waals surface area contributed by atoms with E-state index in [2.05, 4.69) is 18.0 Å². The topological polar surface area (TPSA) is 61.8 Å². The lowest BCUT2D eigenvalue weighted by Crippen LogP contribution is -2.06. The number of hydrogen-bond acceptors (Lipinski definition) is 4. The van der Waals surface area contributed by atoms with Gasteiger partial charge in [-0.25, -0.2) is 0 Å².